The average Bonchev–Trinajstić information content (AvgIpc) is 2.89. The number of aliphatic hydroxyl groups is 1. The van der Waals surface area contributed by atoms with Gasteiger partial charge in [-0.15, -0.1) is 0 Å². The highest BCUT2D eigenvalue weighted by molar-refractivity contribution is 5.27. The van der Waals surface area contributed by atoms with E-state index in [1.165, 1.54) is 5.56 Å². The Balaban J connectivity index is 2.09. The minimum absolute atomic E-state index is 0.316. The van der Waals surface area contributed by atoms with Crippen LogP contribution in [0.1, 0.15) is 17.2 Å². The lowest BCUT2D eigenvalue weighted by Gasteiger charge is -2.13. The molecule has 1 aromatic carbocycles. The lowest BCUT2D eigenvalue weighted by molar-refractivity contribution is 0.156. The molecule has 2 heteroatoms. The molecular weight excluding hydrogens is 162 g/mol. The molecule has 1 fully saturated rings. The van der Waals surface area contributed by atoms with E-state index in [0.717, 1.165) is 25.2 Å². The second-order valence-corrected chi connectivity index (χ2v) is 3.67. The van der Waals surface area contributed by atoms with Gasteiger partial charge >= 0.3 is 0 Å². The Hall–Kier alpha value is -0.860. The molecule has 13 heavy (non-hydrogen) atoms. The number of rotatable bonds is 3. The van der Waals surface area contributed by atoms with Crippen molar-refractivity contribution >= 4 is 0 Å². The lowest BCUT2D eigenvalue weighted by atomic mass is 10.0. The number of benzene rings is 1. The minimum atomic E-state index is -0.316. The van der Waals surface area contributed by atoms with E-state index in [9.17, 15) is 5.11 Å². The summed E-state index contributed by atoms with van der Waals surface area (Å²) < 4.78 is 0. The van der Waals surface area contributed by atoms with Gasteiger partial charge in [0, 0.05) is 19.6 Å². The van der Waals surface area contributed by atoms with Gasteiger partial charge in [-0.3, -0.25) is 4.90 Å². The summed E-state index contributed by atoms with van der Waals surface area (Å²) in [5.74, 6) is 0. The van der Waals surface area contributed by atoms with Crippen LogP contribution in [-0.4, -0.2) is 29.6 Å². The van der Waals surface area contributed by atoms with E-state index in [-0.39, 0.29) is 6.10 Å². The molecule has 0 amide bonds. The highest BCUT2D eigenvalue weighted by Gasteiger charge is 2.21. The second-order valence-electron chi connectivity index (χ2n) is 3.67. The highest BCUT2D eigenvalue weighted by Crippen LogP contribution is 2.20. The normalized spacial score (nSPS) is 18.6. The van der Waals surface area contributed by atoms with Gasteiger partial charge in [-0.2, -0.15) is 0 Å². The number of hydrogen-bond acceptors (Lipinski definition) is 2. The van der Waals surface area contributed by atoms with Crippen LogP contribution in [0.5, 0.6) is 0 Å². The summed E-state index contributed by atoms with van der Waals surface area (Å²) in [6.07, 6.45) is -0.316. The third-order valence-electron chi connectivity index (χ3n) is 2.52. The van der Waals surface area contributed by atoms with Gasteiger partial charge in [0.15, 0.2) is 0 Å². The third kappa shape index (κ3) is 2.08. The molecule has 0 bridgehead atoms. The van der Waals surface area contributed by atoms with Crippen LogP contribution in [0.4, 0.5) is 0 Å². The molecule has 1 N–H and O–H groups in total. The third-order valence-corrected chi connectivity index (χ3v) is 2.52. The first-order valence-electron chi connectivity index (χ1n) is 4.73. The van der Waals surface area contributed by atoms with E-state index in [2.05, 4.69) is 4.90 Å². The fourth-order valence-electron chi connectivity index (χ4n) is 1.56. The number of hydrogen-bond donors (Lipinski definition) is 1. The average molecular weight is 177 g/mol. The first kappa shape index (κ1) is 8.73. The van der Waals surface area contributed by atoms with Crippen LogP contribution >= 0.6 is 0 Å². The summed E-state index contributed by atoms with van der Waals surface area (Å²) in [6.45, 7) is 5.11. The SMILES string of the molecule is Cc1ccccc1C(O)CN1CC1. The monoisotopic (exact) mass is 177 g/mol. The van der Waals surface area contributed by atoms with Crippen molar-refractivity contribution in [3.63, 3.8) is 0 Å². The van der Waals surface area contributed by atoms with Crippen LogP contribution in [0.3, 0.4) is 0 Å². The topological polar surface area (TPSA) is 23.2 Å². The predicted octanol–water partition coefficient (Wildman–Crippen LogP) is 1.34. The zero-order chi connectivity index (χ0) is 9.26. The van der Waals surface area contributed by atoms with Gasteiger partial charge in [-0.1, -0.05) is 24.3 Å². The molecule has 1 saturated heterocycles. The van der Waals surface area contributed by atoms with Gasteiger partial charge in [-0.05, 0) is 18.1 Å². The van der Waals surface area contributed by atoms with Gasteiger partial charge in [0.1, 0.15) is 0 Å². The van der Waals surface area contributed by atoms with Crippen molar-refractivity contribution in [1.82, 2.24) is 4.90 Å². The molecular formula is C11H15NO. The van der Waals surface area contributed by atoms with Crippen LogP contribution < -0.4 is 0 Å². The van der Waals surface area contributed by atoms with Crippen LogP contribution in [0, 0.1) is 6.92 Å². The fraction of sp³-hybridized carbons (Fsp3) is 0.455. The molecule has 0 spiro atoms. The molecule has 0 aliphatic carbocycles. The molecule has 0 aromatic heterocycles. The van der Waals surface area contributed by atoms with Crippen molar-refractivity contribution in [3.05, 3.63) is 35.4 Å². The van der Waals surface area contributed by atoms with Crippen molar-refractivity contribution in [1.29, 1.82) is 0 Å². The molecule has 1 aromatic rings. The summed E-state index contributed by atoms with van der Waals surface area (Å²) in [4.78, 5) is 2.23. The Labute approximate surface area is 78.8 Å². The van der Waals surface area contributed by atoms with Crippen LogP contribution in [0.25, 0.3) is 0 Å². The number of β-amino-alcohol motifs (C(OH)–C–C–N with tert-alkyl or cyclic N) is 1. The van der Waals surface area contributed by atoms with Gasteiger partial charge < -0.3 is 5.11 Å². The van der Waals surface area contributed by atoms with E-state index in [0.29, 0.717) is 0 Å². The van der Waals surface area contributed by atoms with Crippen molar-refractivity contribution in [2.45, 2.75) is 13.0 Å². The lowest BCUT2D eigenvalue weighted by Crippen LogP contribution is -2.12. The van der Waals surface area contributed by atoms with Crippen molar-refractivity contribution in [2.75, 3.05) is 19.6 Å². The minimum Gasteiger partial charge on any atom is -0.387 e. The highest BCUT2D eigenvalue weighted by atomic mass is 16.3. The molecule has 1 heterocycles. The van der Waals surface area contributed by atoms with E-state index in [1.54, 1.807) is 0 Å². The molecule has 1 aliphatic heterocycles. The molecule has 2 rings (SSSR count). The summed E-state index contributed by atoms with van der Waals surface area (Å²) in [6, 6.07) is 8.03. The maximum absolute atomic E-state index is 9.87. The van der Waals surface area contributed by atoms with E-state index < -0.39 is 0 Å². The van der Waals surface area contributed by atoms with Crippen molar-refractivity contribution in [2.24, 2.45) is 0 Å². The van der Waals surface area contributed by atoms with E-state index in [4.69, 9.17) is 0 Å². The van der Waals surface area contributed by atoms with E-state index >= 15 is 0 Å². The first-order valence-corrected chi connectivity index (χ1v) is 4.73. The van der Waals surface area contributed by atoms with E-state index in [1.807, 2.05) is 31.2 Å². The zero-order valence-electron chi connectivity index (χ0n) is 7.90. The van der Waals surface area contributed by atoms with Crippen molar-refractivity contribution in [3.8, 4) is 0 Å². The van der Waals surface area contributed by atoms with Gasteiger partial charge in [0.05, 0.1) is 6.10 Å². The van der Waals surface area contributed by atoms with Gasteiger partial charge in [-0.25, -0.2) is 0 Å². The maximum Gasteiger partial charge on any atom is 0.0919 e. The fourth-order valence-corrected chi connectivity index (χ4v) is 1.56. The predicted molar refractivity (Wildman–Crippen MR) is 52.6 cm³/mol. The molecule has 1 atom stereocenters. The Kier molecular flexibility index (Phi) is 2.34. The molecule has 1 unspecified atom stereocenters. The number of aryl methyl sites for hydroxylation is 1. The number of nitrogens with zero attached hydrogens (tertiary/aromatic N) is 1. The first-order chi connectivity index (χ1) is 6.27. The standard InChI is InChI=1S/C11H15NO/c1-9-4-2-3-5-10(9)11(13)8-12-6-7-12/h2-5,11,13H,6-8H2,1H3. The number of aliphatic hydroxyl groups excluding tert-OH is 1. The van der Waals surface area contributed by atoms with Crippen LogP contribution in [0.2, 0.25) is 0 Å². The Morgan fingerprint density at radius 1 is 1.38 bits per heavy atom. The Morgan fingerprint density at radius 2 is 2.08 bits per heavy atom. The quantitative estimate of drug-likeness (QED) is 0.704. The smallest absolute Gasteiger partial charge is 0.0919 e. The summed E-state index contributed by atoms with van der Waals surface area (Å²) >= 11 is 0. The zero-order valence-corrected chi connectivity index (χ0v) is 7.90. The van der Waals surface area contributed by atoms with Gasteiger partial charge in [0.25, 0.3) is 0 Å². The second kappa shape index (κ2) is 3.48. The van der Waals surface area contributed by atoms with Crippen LogP contribution in [-0.2, 0) is 0 Å². The summed E-state index contributed by atoms with van der Waals surface area (Å²) in [5, 5.41) is 9.87. The summed E-state index contributed by atoms with van der Waals surface area (Å²) in [7, 11) is 0. The molecule has 1 aliphatic rings. The summed E-state index contributed by atoms with van der Waals surface area (Å²) in [5.41, 5.74) is 2.24. The molecule has 70 valence electrons. The Morgan fingerprint density at radius 3 is 2.69 bits per heavy atom. The molecule has 0 radical (unpaired) electrons. The Bertz CT molecular complexity index is 294. The van der Waals surface area contributed by atoms with Crippen LogP contribution in [0.15, 0.2) is 24.3 Å². The largest absolute Gasteiger partial charge is 0.387 e. The van der Waals surface area contributed by atoms with Gasteiger partial charge in [0.2, 0.25) is 0 Å². The maximum atomic E-state index is 9.87. The van der Waals surface area contributed by atoms with Crippen molar-refractivity contribution < 1.29 is 5.11 Å². The molecule has 0 saturated carbocycles. The molecule has 2 nitrogen and oxygen atoms in total.